The topological polar surface area (TPSA) is 40.6 Å². The molecule has 1 fully saturated rings. The highest BCUT2D eigenvalue weighted by Gasteiger charge is 2.30. The van der Waals surface area contributed by atoms with E-state index in [4.69, 9.17) is 0 Å². The number of thioether (sulfide) groups is 1. The maximum Gasteiger partial charge on any atom is 0.265 e. The third kappa shape index (κ3) is 5.09. The lowest BCUT2D eigenvalue weighted by atomic mass is 9.91. The Bertz CT molecular complexity index is 1310. The Morgan fingerprint density at radius 3 is 2.36 bits per heavy atom. The molecule has 0 saturated carbocycles. The van der Waals surface area contributed by atoms with Crippen LogP contribution in [0.4, 0.5) is 10.1 Å². The molecule has 0 spiro atoms. The number of hydrogen-bond acceptors (Lipinski definition) is 3. The van der Waals surface area contributed by atoms with Crippen LogP contribution in [-0.4, -0.2) is 29.8 Å². The number of hydrogen-bond donors (Lipinski definition) is 0. The fourth-order valence-corrected chi connectivity index (χ4v) is 6.16. The third-order valence-electron chi connectivity index (χ3n) is 6.73. The van der Waals surface area contributed by atoms with Gasteiger partial charge in [-0.15, -0.1) is 0 Å². The molecule has 0 aliphatic carbocycles. The van der Waals surface area contributed by atoms with E-state index in [1.165, 1.54) is 17.8 Å². The predicted octanol–water partition coefficient (Wildman–Crippen LogP) is 6.62. The van der Waals surface area contributed by atoms with Crippen molar-refractivity contribution >= 4 is 35.3 Å². The van der Waals surface area contributed by atoms with E-state index in [9.17, 15) is 14.0 Å². The monoisotopic (exact) mass is 500 g/mol. The van der Waals surface area contributed by atoms with E-state index in [1.54, 1.807) is 23.1 Å². The third-order valence-corrected chi connectivity index (χ3v) is 7.81. The average molecular weight is 501 g/mol. The van der Waals surface area contributed by atoms with Crippen LogP contribution in [0.25, 0.3) is 6.08 Å². The van der Waals surface area contributed by atoms with Crippen molar-refractivity contribution in [2.24, 2.45) is 11.8 Å². The lowest BCUT2D eigenvalue weighted by Gasteiger charge is -2.35. The number of para-hydroxylation sites is 1. The van der Waals surface area contributed by atoms with Gasteiger partial charge in [-0.25, -0.2) is 4.39 Å². The number of halogens is 1. The van der Waals surface area contributed by atoms with Crippen molar-refractivity contribution in [2.45, 2.75) is 31.7 Å². The fraction of sp³-hybridized carbons (Fsp3) is 0.267. The van der Waals surface area contributed by atoms with Gasteiger partial charge in [0.05, 0.1) is 17.1 Å². The number of likely N-dealkylation sites (tertiary alicyclic amines) is 1. The number of carbonyl (C=O) groups is 2. The minimum atomic E-state index is -0.329. The van der Waals surface area contributed by atoms with E-state index >= 15 is 0 Å². The van der Waals surface area contributed by atoms with Crippen LogP contribution in [0.15, 0.2) is 82.6 Å². The second-order valence-electron chi connectivity index (χ2n) is 9.84. The Hall–Kier alpha value is -3.38. The lowest BCUT2D eigenvalue weighted by Crippen LogP contribution is -2.42. The Labute approximate surface area is 215 Å². The van der Waals surface area contributed by atoms with Gasteiger partial charge < -0.3 is 9.80 Å². The largest absolute Gasteiger partial charge is 0.338 e. The summed E-state index contributed by atoms with van der Waals surface area (Å²) in [5, 5.41) is 0. The number of amides is 2. The molecule has 36 heavy (non-hydrogen) atoms. The molecule has 0 radical (unpaired) electrons. The van der Waals surface area contributed by atoms with Gasteiger partial charge in [0.25, 0.3) is 11.8 Å². The number of carbonyl (C=O) groups excluding carboxylic acids is 2. The van der Waals surface area contributed by atoms with Gasteiger partial charge in [-0.05, 0) is 60.2 Å². The molecule has 0 unspecified atom stereocenters. The molecule has 5 rings (SSSR count). The fourth-order valence-electron chi connectivity index (χ4n) is 5.10. The zero-order valence-corrected chi connectivity index (χ0v) is 21.3. The van der Waals surface area contributed by atoms with Gasteiger partial charge in [-0.1, -0.05) is 68.1 Å². The van der Waals surface area contributed by atoms with E-state index in [0.29, 0.717) is 27.9 Å². The molecule has 2 amide bonds. The Morgan fingerprint density at radius 2 is 1.64 bits per heavy atom. The molecule has 3 aromatic rings. The Balaban J connectivity index is 1.39. The molecule has 2 heterocycles. The summed E-state index contributed by atoms with van der Waals surface area (Å²) in [5.74, 6) is 0.570. The summed E-state index contributed by atoms with van der Waals surface area (Å²) in [5.41, 5.74) is 2.75. The van der Waals surface area contributed by atoms with Crippen molar-refractivity contribution in [1.29, 1.82) is 0 Å². The van der Waals surface area contributed by atoms with Crippen LogP contribution in [-0.2, 0) is 11.3 Å². The number of anilines is 1. The molecule has 3 aromatic carbocycles. The smallest absolute Gasteiger partial charge is 0.265 e. The molecular formula is C30H29FN2O2S. The molecule has 184 valence electrons. The Morgan fingerprint density at radius 1 is 0.972 bits per heavy atom. The van der Waals surface area contributed by atoms with Gasteiger partial charge in [0.1, 0.15) is 5.82 Å². The SMILES string of the molecule is C[C@H]1C[C@H](C)CN(C(=O)c2ccc(/C=C3\Sc4ccccc4N(Cc4ccccc4F)C3=O)cc2)C1. The van der Waals surface area contributed by atoms with Crippen molar-refractivity contribution < 1.29 is 14.0 Å². The highest BCUT2D eigenvalue weighted by molar-refractivity contribution is 8.04. The number of fused-ring (bicyclic) bond motifs is 1. The van der Waals surface area contributed by atoms with Crippen LogP contribution in [0.3, 0.4) is 0 Å². The summed E-state index contributed by atoms with van der Waals surface area (Å²) >= 11 is 1.41. The minimum absolute atomic E-state index is 0.0562. The molecule has 2 atom stereocenters. The molecule has 6 heteroatoms. The quantitative estimate of drug-likeness (QED) is 0.378. The second-order valence-corrected chi connectivity index (χ2v) is 10.9. The van der Waals surface area contributed by atoms with E-state index in [1.807, 2.05) is 59.5 Å². The minimum Gasteiger partial charge on any atom is -0.338 e. The molecular weight excluding hydrogens is 471 g/mol. The van der Waals surface area contributed by atoms with Crippen LogP contribution in [0.5, 0.6) is 0 Å². The average Bonchev–Trinajstić information content (AvgIpc) is 2.87. The van der Waals surface area contributed by atoms with Crippen LogP contribution < -0.4 is 4.90 Å². The lowest BCUT2D eigenvalue weighted by molar-refractivity contribution is -0.114. The van der Waals surface area contributed by atoms with Crippen LogP contribution in [0.1, 0.15) is 41.8 Å². The summed E-state index contributed by atoms with van der Waals surface area (Å²) in [4.78, 5) is 31.6. The summed E-state index contributed by atoms with van der Waals surface area (Å²) in [6, 6.07) is 21.6. The number of benzene rings is 3. The highest BCUT2D eigenvalue weighted by Crippen LogP contribution is 2.42. The molecule has 0 aromatic heterocycles. The van der Waals surface area contributed by atoms with Gasteiger partial charge in [0.2, 0.25) is 0 Å². The Kier molecular flexibility index (Phi) is 6.97. The number of nitrogens with zero attached hydrogens (tertiary/aromatic N) is 2. The first-order valence-electron chi connectivity index (χ1n) is 12.3. The van der Waals surface area contributed by atoms with E-state index in [-0.39, 0.29) is 24.2 Å². The van der Waals surface area contributed by atoms with Crippen molar-refractivity contribution in [3.05, 3.63) is 100 Å². The highest BCUT2D eigenvalue weighted by atomic mass is 32.2. The second kappa shape index (κ2) is 10.3. The van der Waals surface area contributed by atoms with Gasteiger partial charge >= 0.3 is 0 Å². The summed E-state index contributed by atoms with van der Waals surface area (Å²) in [6.07, 6.45) is 3.00. The van der Waals surface area contributed by atoms with Crippen molar-refractivity contribution in [3.63, 3.8) is 0 Å². The maximum atomic E-state index is 14.4. The van der Waals surface area contributed by atoms with E-state index in [0.717, 1.165) is 35.7 Å². The maximum absolute atomic E-state index is 14.4. The zero-order valence-electron chi connectivity index (χ0n) is 20.5. The van der Waals surface area contributed by atoms with Crippen LogP contribution in [0.2, 0.25) is 0 Å². The van der Waals surface area contributed by atoms with Gasteiger partial charge in [0.15, 0.2) is 0 Å². The van der Waals surface area contributed by atoms with Gasteiger partial charge in [-0.3, -0.25) is 9.59 Å². The van der Waals surface area contributed by atoms with Crippen molar-refractivity contribution in [1.82, 2.24) is 4.90 Å². The van der Waals surface area contributed by atoms with Crippen molar-refractivity contribution in [3.8, 4) is 0 Å². The standard InChI is InChI=1S/C30H29FN2O2S/c1-20-15-21(2)18-32(17-20)29(34)23-13-11-22(12-14-23)16-28-30(35)33(19-24-7-3-4-8-25(24)31)26-9-5-6-10-27(26)36-28/h3-14,16,20-21H,15,17-19H2,1-2H3/b28-16-/t20-,21-/m0/s1. The first kappa shape index (κ1) is 24.3. The summed E-state index contributed by atoms with van der Waals surface area (Å²) < 4.78 is 14.4. The number of piperidine rings is 1. The summed E-state index contributed by atoms with van der Waals surface area (Å²) in [6.45, 7) is 6.12. The molecule has 4 nitrogen and oxygen atoms in total. The molecule has 0 N–H and O–H groups in total. The van der Waals surface area contributed by atoms with Crippen LogP contribution in [0, 0.1) is 17.7 Å². The normalized spacial score (nSPS) is 21.0. The van der Waals surface area contributed by atoms with E-state index < -0.39 is 0 Å². The molecule has 2 aliphatic heterocycles. The van der Waals surface area contributed by atoms with Gasteiger partial charge in [-0.2, -0.15) is 0 Å². The van der Waals surface area contributed by atoms with Crippen molar-refractivity contribution in [2.75, 3.05) is 18.0 Å². The molecule has 2 aliphatic rings. The first-order chi connectivity index (χ1) is 17.4. The zero-order chi connectivity index (χ0) is 25.2. The molecule has 1 saturated heterocycles. The number of rotatable bonds is 4. The van der Waals surface area contributed by atoms with Crippen LogP contribution >= 0.6 is 11.8 Å². The molecule has 0 bridgehead atoms. The predicted molar refractivity (Wildman–Crippen MR) is 143 cm³/mol. The van der Waals surface area contributed by atoms with Gasteiger partial charge in [0, 0.05) is 29.1 Å². The van der Waals surface area contributed by atoms with E-state index in [2.05, 4.69) is 13.8 Å². The summed E-state index contributed by atoms with van der Waals surface area (Å²) in [7, 11) is 0. The first-order valence-corrected chi connectivity index (χ1v) is 13.1.